The maximum Gasteiger partial charge on any atom is 0.252 e. The number of amides is 1. The van der Waals surface area contributed by atoms with Crippen LogP contribution in [0.3, 0.4) is 0 Å². The van der Waals surface area contributed by atoms with Crippen LogP contribution in [0, 0.1) is 5.82 Å². The molecule has 0 saturated carbocycles. The van der Waals surface area contributed by atoms with Crippen molar-refractivity contribution in [3.8, 4) is 11.5 Å². The molecule has 0 bridgehead atoms. The van der Waals surface area contributed by atoms with Crippen molar-refractivity contribution in [3.63, 3.8) is 0 Å². The summed E-state index contributed by atoms with van der Waals surface area (Å²) in [5, 5.41) is 3.12. The van der Waals surface area contributed by atoms with E-state index in [1.54, 1.807) is 30.3 Å². The maximum absolute atomic E-state index is 14.0. The van der Waals surface area contributed by atoms with Gasteiger partial charge in [0, 0.05) is 6.54 Å². The SMILES string of the molecule is CCNCc1ccc(Oc2ccccc2C(N)=O)c(F)c1. The minimum Gasteiger partial charge on any atom is -0.453 e. The van der Waals surface area contributed by atoms with Gasteiger partial charge in [-0.3, -0.25) is 4.79 Å². The Morgan fingerprint density at radius 3 is 2.67 bits per heavy atom. The number of hydrogen-bond acceptors (Lipinski definition) is 3. The fourth-order valence-electron chi connectivity index (χ4n) is 1.88. The highest BCUT2D eigenvalue weighted by atomic mass is 19.1. The first-order chi connectivity index (χ1) is 10.1. The zero-order valence-corrected chi connectivity index (χ0v) is 11.7. The van der Waals surface area contributed by atoms with E-state index in [1.165, 1.54) is 12.1 Å². The summed E-state index contributed by atoms with van der Waals surface area (Å²) >= 11 is 0. The van der Waals surface area contributed by atoms with Crippen molar-refractivity contribution in [2.45, 2.75) is 13.5 Å². The molecule has 0 aliphatic carbocycles. The fraction of sp³-hybridized carbons (Fsp3) is 0.188. The van der Waals surface area contributed by atoms with Gasteiger partial charge in [0.15, 0.2) is 11.6 Å². The summed E-state index contributed by atoms with van der Waals surface area (Å²) in [4.78, 5) is 11.3. The van der Waals surface area contributed by atoms with Gasteiger partial charge in [0.25, 0.3) is 5.91 Å². The molecule has 2 aromatic rings. The third-order valence-electron chi connectivity index (χ3n) is 2.95. The molecule has 4 nitrogen and oxygen atoms in total. The Hall–Kier alpha value is -2.40. The third-order valence-corrected chi connectivity index (χ3v) is 2.95. The third kappa shape index (κ3) is 3.79. The molecule has 5 heteroatoms. The van der Waals surface area contributed by atoms with Crippen molar-refractivity contribution in [1.29, 1.82) is 0 Å². The highest BCUT2D eigenvalue weighted by molar-refractivity contribution is 5.95. The molecular weight excluding hydrogens is 271 g/mol. The number of ether oxygens (including phenoxy) is 1. The number of nitrogens with two attached hydrogens (primary N) is 1. The lowest BCUT2D eigenvalue weighted by Crippen LogP contribution is -2.12. The van der Waals surface area contributed by atoms with E-state index in [1.807, 2.05) is 6.92 Å². The minimum atomic E-state index is -0.616. The Labute approximate surface area is 122 Å². The van der Waals surface area contributed by atoms with Crippen LogP contribution >= 0.6 is 0 Å². The lowest BCUT2D eigenvalue weighted by atomic mass is 10.2. The van der Waals surface area contributed by atoms with E-state index in [-0.39, 0.29) is 17.1 Å². The van der Waals surface area contributed by atoms with Crippen LogP contribution < -0.4 is 15.8 Å². The summed E-state index contributed by atoms with van der Waals surface area (Å²) in [6, 6.07) is 11.2. The molecule has 21 heavy (non-hydrogen) atoms. The summed E-state index contributed by atoms with van der Waals surface area (Å²) in [5.74, 6) is -0.799. The summed E-state index contributed by atoms with van der Waals surface area (Å²) in [7, 11) is 0. The van der Waals surface area contributed by atoms with Gasteiger partial charge in [0.1, 0.15) is 5.75 Å². The number of benzene rings is 2. The van der Waals surface area contributed by atoms with E-state index in [0.29, 0.717) is 6.54 Å². The van der Waals surface area contributed by atoms with Crippen molar-refractivity contribution in [3.05, 3.63) is 59.4 Å². The van der Waals surface area contributed by atoms with Gasteiger partial charge < -0.3 is 15.8 Å². The summed E-state index contributed by atoms with van der Waals surface area (Å²) in [5.41, 5.74) is 6.30. The van der Waals surface area contributed by atoms with E-state index < -0.39 is 11.7 Å². The molecule has 2 aromatic carbocycles. The Kier molecular flexibility index (Phi) is 4.90. The monoisotopic (exact) mass is 288 g/mol. The first-order valence-corrected chi connectivity index (χ1v) is 6.67. The molecule has 0 fully saturated rings. The number of carbonyl (C=O) groups excluding carboxylic acids is 1. The predicted molar refractivity (Wildman–Crippen MR) is 78.8 cm³/mol. The van der Waals surface area contributed by atoms with Crippen molar-refractivity contribution >= 4 is 5.91 Å². The van der Waals surface area contributed by atoms with Gasteiger partial charge in [0.05, 0.1) is 5.56 Å². The molecule has 0 heterocycles. The molecule has 2 rings (SSSR count). The molecule has 0 unspecified atom stereocenters. The van der Waals surface area contributed by atoms with E-state index in [2.05, 4.69) is 5.32 Å². The maximum atomic E-state index is 14.0. The van der Waals surface area contributed by atoms with Crippen LogP contribution in [0.5, 0.6) is 11.5 Å². The molecule has 1 amide bonds. The molecule has 0 radical (unpaired) electrons. The van der Waals surface area contributed by atoms with Gasteiger partial charge in [-0.1, -0.05) is 25.1 Å². The zero-order valence-electron chi connectivity index (χ0n) is 11.7. The van der Waals surface area contributed by atoms with Crippen LogP contribution in [0.1, 0.15) is 22.8 Å². The largest absolute Gasteiger partial charge is 0.453 e. The van der Waals surface area contributed by atoms with Gasteiger partial charge >= 0.3 is 0 Å². The summed E-state index contributed by atoms with van der Waals surface area (Å²) in [6.07, 6.45) is 0. The number of nitrogens with one attached hydrogen (secondary N) is 1. The van der Waals surface area contributed by atoms with E-state index >= 15 is 0 Å². The van der Waals surface area contributed by atoms with Gasteiger partial charge in [0.2, 0.25) is 0 Å². The van der Waals surface area contributed by atoms with Crippen molar-refractivity contribution in [2.75, 3.05) is 6.54 Å². The molecular formula is C16H17FN2O2. The van der Waals surface area contributed by atoms with Crippen molar-refractivity contribution in [1.82, 2.24) is 5.32 Å². The second-order valence-electron chi connectivity index (χ2n) is 4.51. The number of rotatable bonds is 6. The van der Waals surface area contributed by atoms with Crippen LogP contribution in [0.15, 0.2) is 42.5 Å². The van der Waals surface area contributed by atoms with Crippen LogP contribution in [-0.4, -0.2) is 12.5 Å². The first kappa shape index (κ1) is 15.0. The highest BCUT2D eigenvalue weighted by Gasteiger charge is 2.12. The highest BCUT2D eigenvalue weighted by Crippen LogP contribution is 2.27. The van der Waals surface area contributed by atoms with Gasteiger partial charge in [-0.2, -0.15) is 0 Å². The lowest BCUT2D eigenvalue weighted by molar-refractivity contribution is 0.0998. The lowest BCUT2D eigenvalue weighted by Gasteiger charge is -2.11. The number of halogens is 1. The van der Waals surface area contributed by atoms with Crippen LogP contribution in [0.4, 0.5) is 4.39 Å². The molecule has 110 valence electrons. The molecule has 3 N–H and O–H groups in total. The molecule has 0 aromatic heterocycles. The van der Waals surface area contributed by atoms with Crippen LogP contribution in [0.2, 0.25) is 0 Å². The minimum absolute atomic E-state index is 0.0592. The second-order valence-corrected chi connectivity index (χ2v) is 4.51. The van der Waals surface area contributed by atoms with E-state index in [9.17, 15) is 9.18 Å². The number of carbonyl (C=O) groups is 1. The Balaban J connectivity index is 2.22. The molecule has 0 aliphatic heterocycles. The van der Waals surface area contributed by atoms with Crippen molar-refractivity contribution < 1.29 is 13.9 Å². The van der Waals surface area contributed by atoms with Crippen molar-refractivity contribution in [2.24, 2.45) is 5.73 Å². The summed E-state index contributed by atoms with van der Waals surface area (Å²) < 4.78 is 19.5. The van der Waals surface area contributed by atoms with E-state index in [4.69, 9.17) is 10.5 Å². The fourth-order valence-corrected chi connectivity index (χ4v) is 1.88. The Morgan fingerprint density at radius 2 is 2.00 bits per heavy atom. The molecule has 0 spiro atoms. The Morgan fingerprint density at radius 1 is 1.24 bits per heavy atom. The molecule has 0 saturated heterocycles. The number of hydrogen-bond donors (Lipinski definition) is 2. The number of para-hydroxylation sites is 1. The number of primary amides is 1. The molecule has 0 atom stereocenters. The quantitative estimate of drug-likeness (QED) is 0.859. The zero-order chi connectivity index (χ0) is 15.2. The first-order valence-electron chi connectivity index (χ1n) is 6.67. The molecule has 0 aliphatic rings. The average molecular weight is 288 g/mol. The smallest absolute Gasteiger partial charge is 0.252 e. The van der Waals surface area contributed by atoms with E-state index in [0.717, 1.165) is 12.1 Å². The van der Waals surface area contributed by atoms with Crippen LogP contribution in [0.25, 0.3) is 0 Å². The van der Waals surface area contributed by atoms with Gasteiger partial charge in [-0.25, -0.2) is 4.39 Å². The van der Waals surface area contributed by atoms with Crippen LogP contribution in [-0.2, 0) is 6.54 Å². The Bertz CT molecular complexity index is 644. The average Bonchev–Trinajstić information content (AvgIpc) is 2.48. The van der Waals surface area contributed by atoms with Gasteiger partial charge in [-0.05, 0) is 36.4 Å². The summed E-state index contributed by atoms with van der Waals surface area (Å²) in [6.45, 7) is 3.38. The standard InChI is InChI=1S/C16H17FN2O2/c1-2-19-10-11-7-8-15(13(17)9-11)21-14-6-4-3-5-12(14)16(18)20/h3-9,19H,2,10H2,1H3,(H2,18,20). The second kappa shape index (κ2) is 6.85. The normalized spacial score (nSPS) is 10.4. The van der Waals surface area contributed by atoms with Gasteiger partial charge in [-0.15, -0.1) is 0 Å². The topological polar surface area (TPSA) is 64.3 Å². The predicted octanol–water partition coefficient (Wildman–Crippen LogP) is 2.83.